The van der Waals surface area contributed by atoms with Crippen molar-refractivity contribution in [3.8, 4) is 0 Å². The average molecular weight is 257 g/mol. The lowest BCUT2D eigenvalue weighted by molar-refractivity contribution is 0.604. The van der Waals surface area contributed by atoms with Crippen molar-refractivity contribution in [1.82, 2.24) is 5.32 Å². The maximum absolute atomic E-state index is 5.71. The van der Waals surface area contributed by atoms with Gasteiger partial charge in [-0.3, -0.25) is 0 Å². The number of fused-ring (bicyclic) bond motifs is 2. The number of rotatable bonds is 5. The highest BCUT2D eigenvalue weighted by Crippen LogP contribution is 2.34. The summed E-state index contributed by atoms with van der Waals surface area (Å²) < 4.78 is 11.3. The standard InChI is InChI=1S/C16H19NO2/c1-11-12-6-9-19-16(12)13(5-3-4-8-17-2)14-7-10-18-15(11)14/h6-7,9-10,17H,3-5,8H2,1-2H3. The Balaban J connectivity index is 2.05. The van der Waals surface area contributed by atoms with Gasteiger partial charge in [-0.15, -0.1) is 0 Å². The van der Waals surface area contributed by atoms with Gasteiger partial charge in [0.2, 0.25) is 0 Å². The monoisotopic (exact) mass is 257 g/mol. The molecule has 0 aliphatic heterocycles. The van der Waals surface area contributed by atoms with Crippen LogP contribution in [0.25, 0.3) is 21.9 Å². The van der Waals surface area contributed by atoms with Crippen LogP contribution in [0.5, 0.6) is 0 Å². The summed E-state index contributed by atoms with van der Waals surface area (Å²) in [7, 11) is 1.99. The molecule has 2 aromatic heterocycles. The van der Waals surface area contributed by atoms with E-state index < -0.39 is 0 Å². The maximum Gasteiger partial charge on any atom is 0.138 e. The largest absolute Gasteiger partial charge is 0.464 e. The molecule has 0 saturated carbocycles. The Morgan fingerprint density at radius 3 is 2.53 bits per heavy atom. The molecule has 0 fully saturated rings. The van der Waals surface area contributed by atoms with Crippen LogP contribution in [0.3, 0.4) is 0 Å². The molecule has 3 rings (SSSR count). The van der Waals surface area contributed by atoms with Crippen molar-refractivity contribution in [2.75, 3.05) is 13.6 Å². The fourth-order valence-electron chi connectivity index (χ4n) is 2.77. The van der Waals surface area contributed by atoms with E-state index >= 15 is 0 Å². The smallest absolute Gasteiger partial charge is 0.138 e. The summed E-state index contributed by atoms with van der Waals surface area (Å²) in [6, 6.07) is 4.08. The number of hydrogen-bond acceptors (Lipinski definition) is 3. The first-order valence-corrected chi connectivity index (χ1v) is 6.83. The van der Waals surface area contributed by atoms with Crippen LogP contribution in [-0.2, 0) is 6.42 Å². The number of hydrogen-bond donors (Lipinski definition) is 1. The minimum Gasteiger partial charge on any atom is -0.464 e. The second kappa shape index (κ2) is 5.10. The third kappa shape index (κ3) is 2.04. The molecule has 2 heterocycles. The predicted octanol–water partition coefficient (Wildman–Crippen LogP) is 4.03. The Bertz CT molecular complexity index is 641. The molecule has 0 saturated heterocycles. The van der Waals surface area contributed by atoms with Crippen LogP contribution in [0.1, 0.15) is 24.0 Å². The number of furan rings is 2. The van der Waals surface area contributed by atoms with E-state index in [-0.39, 0.29) is 0 Å². The van der Waals surface area contributed by atoms with Crippen LogP contribution in [0.2, 0.25) is 0 Å². The molecule has 100 valence electrons. The van der Waals surface area contributed by atoms with Crippen LogP contribution in [0, 0.1) is 6.92 Å². The van der Waals surface area contributed by atoms with E-state index in [9.17, 15) is 0 Å². The zero-order valence-corrected chi connectivity index (χ0v) is 11.5. The molecule has 0 spiro atoms. The Hall–Kier alpha value is -1.74. The molecule has 0 amide bonds. The summed E-state index contributed by atoms with van der Waals surface area (Å²) in [5.74, 6) is 0. The van der Waals surface area contributed by atoms with Gasteiger partial charge in [0.15, 0.2) is 0 Å². The van der Waals surface area contributed by atoms with Gasteiger partial charge >= 0.3 is 0 Å². The van der Waals surface area contributed by atoms with Crippen molar-refractivity contribution in [1.29, 1.82) is 0 Å². The molecular formula is C16H19NO2. The summed E-state index contributed by atoms with van der Waals surface area (Å²) in [4.78, 5) is 0. The number of aryl methyl sites for hydroxylation is 2. The van der Waals surface area contributed by atoms with E-state index in [2.05, 4.69) is 18.3 Å². The van der Waals surface area contributed by atoms with Crippen LogP contribution in [0.15, 0.2) is 33.5 Å². The molecule has 3 aromatic rings. The number of benzene rings is 1. The summed E-state index contributed by atoms with van der Waals surface area (Å²) in [6.45, 7) is 3.15. The lowest BCUT2D eigenvalue weighted by Gasteiger charge is -2.07. The Morgan fingerprint density at radius 1 is 1.00 bits per heavy atom. The Morgan fingerprint density at radius 2 is 1.74 bits per heavy atom. The highest BCUT2D eigenvalue weighted by Gasteiger charge is 2.15. The third-order valence-electron chi connectivity index (χ3n) is 3.78. The van der Waals surface area contributed by atoms with Gasteiger partial charge in [-0.05, 0) is 51.9 Å². The van der Waals surface area contributed by atoms with Gasteiger partial charge in [-0.2, -0.15) is 0 Å². The summed E-state index contributed by atoms with van der Waals surface area (Å²) in [5.41, 5.74) is 4.47. The van der Waals surface area contributed by atoms with Crippen molar-refractivity contribution < 1.29 is 8.83 Å². The molecule has 19 heavy (non-hydrogen) atoms. The zero-order chi connectivity index (χ0) is 13.2. The lowest BCUT2D eigenvalue weighted by atomic mass is 9.98. The molecule has 0 radical (unpaired) electrons. The minimum atomic E-state index is 0.998. The molecule has 0 aliphatic carbocycles. The van der Waals surface area contributed by atoms with E-state index in [0.717, 1.165) is 30.6 Å². The second-order valence-electron chi connectivity index (χ2n) is 4.99. The lowest BCUT2D eigenvalue weighted by Crippen LogP contribution is -2.07. The number of unbranched alkanes of at least 4 members (excludes halogenated alkanes) is 1. The Kier molecular flexibility index (Phi) is 3.30. The topological polar surface area (TPSA) is 38.3 Å². The molecular weight excluding hydrogens is 238 g/mol. The van der Waals surface area contributed by atoms with Gasteiger partial charge in [0.1, 0.15) is 11.2 Å². The maximum atomic E-state index is 5.71. The van der Waals surface area contributed by atoms with Gasteiger partial charge in [-0.25, -0.2) is 0 Å². The van der Waals surface area contributed by atoms with Crippen LogP contribution >= 0.6 is 0 Å². The molecule has 3 nitrogen and oxygen atoms in total. The van der Waals surface area contributed by atoms with Crippen molar-refractivity contribution >= 4 is 21.9 Å². The van der Waals surface area contributed by atoms with Crippen molar-refractivity contribution in [2.45, 2.75) is 26.2 Å². The van der Waals surface area contributed by atoms with Gasteiger partial charge in [0, 0.05) is 21.9 Å². The average Bonchev–Trinajstić information content (AvgIpc) is 3.06. The molecule has 3 heteroatoms. The van der Waals surface area contributed by atoms with Gasteiger partial charge in [0.05, 0.1) is 12.5 Å². The third-order valence-corrected chi connectivity index (χ3v) is 3.78. The molecule has 0 atom stereocenters. The molecule has 0 unspecified atom stereocenters. The van der Waals surface area contributed by atoms with Gasteiger partial charge in [-0.1, -0.05) is 0 Å². The van der Waals surface area contributed by atoms with E-state index in [1.54, 1.807) is 12.5 Å². The SMILES string of the molecule is CNCCCCc1c2ccoc2c(C)c2ccoc12. The summed E-state index contributed by atoms with van der Waals surface area (Å²) in [5, 5.41) is 5.56. The minimum absolute atomic E-state index is 0.998. The highest BCUT2D eigenvalue weighted by molar-refractivity contribution is 6.01. The Labute approximate surface area is 112 Å². The fraction of sp³-hybridized carbons (Fsp3) is 0.375. The van der Waals surface area contributed by atoms with Crippen LogP contribution < -0.4 is 5.32 Å². The first-order chi connectivity index (χ1) is 9.33. The first kappa shape index (κ1) is 12.3. The fourth-order valence-corrected chi connectivity index (χ4v) is 2.77. The second-order valence-corrected chi connectivity index (χ2v) is 4.99. The zero-order valence-electron chi connectivity index (χ0n) is 11.5. The quantitative estimate of drug-likeness (QED) is 0.701. The van der Waals surface area contributed by atoms with E-state index in [1.165, 1.54) is 28.3 Å². The van der Waals surface area contributed by atoms with E-state index in [0.29, 0.717) is 0 Å². The normalized spacial score (nSPS) is 11.7. The van der Waals surface area contributed by atoms with Crippen molar-refractivity contribution in [3.63, 3.8) is 0 Å². The van der Waals surface area contributed by atoms with Crippen molar-refractivity contribution in [3.05, 3.63) is 35.8 Å². The molecule has 0 bridgehead atoms. The first-order valence-electron chi connectivity index (χ1n) is 6.83. The molecule has 1 aromatic carbocycles. The van der Waals surface area contributed by atoms with E-state index in [4.69, 9.17) is 8.83 Å². The van der Waals surface area contributed by atoms with Crippen molar-refractivity contribution in [2.24, 2.45) is 0 Å². The van der Waals surface area contributed by atoms with Crippen LogP contribution in [-0.4, -0.2) is 13.6 Å². The number of nitrogens with one attached hydrogen (secondary N) is 1. The van der Waals surface area contributed by atoms with Gasteiger partial charge < -0.3 is 14.2 Å². The molecule has 1 N–H and O–H groups in total. The highest BCUT2D eigenvalue weighted by atomic mass is 16.3. The summed E-state index contributed by atoms with van der Waals surface area (Å²) >= 11 is 0. The van der Waals surface area contributed by atoms with Crippen LogP contribution in [0.4, 0.5) is 0 Å². The van der Waals surface area contributed by atoms with Gasteiger partial charge in [0.25, 0.3) is 0 Å². The predicted molar refractivity (Wildman–Crippen MR) is 77.6 cm³/mol. The molecule has 0 aliphatic rings. The van der Waals surface area contributed by atoms with E-state index in [1.807, 2.05) is 13.1 Å². The summed E-state index contributed by atoms with van der Waals surface area (Å²) in [6.07, 6.45) is 6.90.